The van der Waals surface area contributed by atoms with Crippen LogP contribution in [-0.4, -0.2) is 49.3 Å². The van der Waals surface area contributed by atoms with Crippen molar-refractivity contribution >= 4 is 39.1 Å². The van der Waals surface area contributed by atoms with E-state index >= 15 is 0 Å². The number of sulfonamides is 1. The number of carboxylic acid groups (broad SMARTS) is 1. The second kappa shape index (κ2) is 5.20. The number of likely N-dealkylation sites (N-methyl/N-ethyl adjacent to an activating group) is 1. The maximum absolute atomic E-state index is 12.3. The standard InChI is InChI=1S/C11H12N2O6S2/c1-5-4-20-8(11(16)17)9(5)21(18,19)12-6-3-7(14)13(2)10(6)15/h4,6,12H,3H2,1-2H3,(H,16,17). The number of likely N-dealkylation sites (tertiary alicyclic amines) is 1. The molecule has 8 nitrogen and oxygen atoms in total. The topological polar surface area (TPSA) is 121 Å². The fourth-order valence-corrected chi connectivity index (χ4v) is 4.83. The van der Waals surface area contributed by atoms with E-state index in [0.29, 0.717) is 0 Å². The SMILES string of the molecule is Cc1csc(C(=O)O)c1S(=O)(=O)NC1CC(=O)N(C)C1=O. The lowest BCUT2D eigenvalue weighted by molar-refractivity contribution is -0.137. The molecule has 21 heavy (non-hydrogen) atoms. The summed E-state index contributed by atoms with van der Waals surface area (Å²) in [4.78, 5) is 34.3. The molecule has 114 valence electrons. The Labute approximate surface area is 124 Å². The minimum absolute atomic E-state index is 0.273. The zero-order chi connectivity index (χ0) is 15.9. The molecule has 2 rings (SSSR count). The summed E-state index contributed by atoms with van der Waals surface area (Å²) in [5.74, 6) is -2.51. The monoisotopic (exact) mass is 332 g/mol. The highest BCUT2D eigenvalue weighted by molar-refractivity contribution is 7.89. The van der Waals surface area contributed by atoms with Gasteiger partial charge in [0.25, 0.3) is 0 Å². The maximum Gasteiger partial charge on any atom is 0.347 e. The van der Waals surface area contributed by atoms with Gasteiger partial charge in [-0.3, -0.25) is 14.5 Å². The highest BCUT2D eigenvalue weighted by Gasteiger charge is 2.40. The van der Waals surface area contributed by atoms with Crippen LogP contribution in [0.25, 0.3) is 0 Å². The van der Waals surface area contributed by atoms with E-state index in [1.807, 2.05) is 0 Å². The maximum atomic E-state index is 12.3. The lowest BCUT2D eigenvalue weighted by Crippen LogP contribution is -2.41. The van der Waals surface area contributed by atoms with Crippen molar-refractivity contribution < 1.29 is 27.9 Å². The first-order chi connectivity index (χ1) is 9.65. The van der Waals surface area contributed by atoms with Gasteiger partial charge in [-0.25, -0.2) is 13.2 Å². The molecular formula is C11H12N2O6S2. The van der Waals surface area contributed by atoms with Gasteiger partial charge in [0.1, 0.15) is 15.8 Å². The normalized spacial score (nSPS) is 19.3. The summed E-state index contributed by atoms with van der Waals surface area (Å²) in [5.41, 5.74) is 0.273. The number of imide groups is 1. The lowest BCUT2D eigenvalue weighted by atomic mass is 10.3. The molecule has 1 atom stereocenters. The first-order valence-corrected chi connectivity index (χ1v) is 8.15. The van der Waals surface area contributed by atoms with E-state index in [9.17, 15) is 22.8 Å². The number of carbonyl (C=O) groups excluding carboxylic acids is 2. The van der Waals surface area contributed by atoms with Crippen molar-refractivity contribution in [2.24, 2.45) is 0 Å². The highest BCUT2D eigenvalue weighted by atomic mass is 32.2. The fourth-order valence-electron chi connectivity index (χ4n) is 2.01. The number of nitrogens with zero attached hydrogens (tertiary/aromatic N) is 1. The summed E-state index contributed by atoms with van der Waals surface area (Å²) in [6.45, 7) is 1.46. The van der Waals surface area contributed by atoms with Crippen LogP contribution in [0.2, 0.25) is 0 Å². The Balaban J connectivity index is 2.37. The van der Waals surface area contributed by atoms with Gasteiger partial charge in [0, 0.05) is 7.05 Å². The first-order valence-electron chi connectivity index (χ1n) is 5.79. The zero-order valence-corrected chi connectivity index (χ0v) is 12.7. The van der Waals surface area contributed by atoms with Gasteiger partial charge < -0.3 is 5.11 Å². The zero-order valence-electron chi connectivity index (χ0n) is 11.1. The van der Waals surface area contributed by atoms with Crippen molar-refractivity contribution in [1.82, 2.24) is 9.62 Å². The second-order valence-corrected chi connectivity index (χ2v) is 7.08. The van der Waals surface area contributed by atoms with Crippen LogP contribution in [0, 0.1) is 6.92 Å². The number of rotatable bonds is 4. The van der Waals surface area contributed by atoms with E-state index in [2.05, 4.69) is 4.72 Å². The van der Waals surface area contributed by atoms with Crippen molar-refractivity contribution in [2.45, 2.75) is 24.3 Å². The Kier molecular flexibility index (Phi) is 3.87. The number of hydrogen-bond donors (Lipinski definition) is 2. The number of thiophene rings is 1. The molecule has 1 aromatic rings. The van der Waals surface area contributed by atoms with Crippen LogP contribution in [0.5, 0.6) is 0 Å². The molecule has 1 saturated heterocycles. The van der Waals surface area contributed by atoms with Gasteiger partial charge in [-0.2, -0.15) is 4.72 Å². The number of carbonyl (C=O) groups is 3. The molecule has 0 bridgehead atoms. The second-order valence-electron chi connectivity index (χ2n) is 4.55. The van der Waals surface area contributed by atoms with E-state index < -0.39 is 33.8 Å². The summed E-state index contributed by atoms with van der Waals surface area (Å²) in [6.07, 6.45) is -0.278. The van der Waals surface area contributed by atoms with Crippen LogP contribution in [0.15, 0.2) is 10.3 Å². The van der Waals surface area contributed by atoms with Gasteiger partial charge in [0.05, 0.1) is 6.42 Å². The highest BCUT2D eigenvalue weighted by Crippen LogP contribution is 2.27. The van der Waals surface area contributed by atoms with E-state index in [1.54, 1.807) is 0 Å². The largest absolute Gasteiger partial charge is 0.477 e. The van der Waals surface area contributed by atoms with Gasteiger partial charge in [-0.05, 0) is 17.9 Å². The molecule has 1 aromatic heterocycles. The smallest absolute Gasteiger partial charge is 0.347 e. The molecule has 2 amide bonds. The number of carboxylic acids is 1. The molecule has 1 unspecified atom stereocenters. The first kappa shape index (κ1) is 15.6. The third kappa shape index (κ3) is 2.69. The van der Waals surface area contributed by atoms with Gasteiger partial charge in [-0.15, -0.1) is 11.3 Å². The summed E-state index contributed by atoms with van der Waals surface area (Å²) < 4.78 is 26.7. The molecule has 0 spiro atoms. The molecular weight excluding hydrogens is 320 g/mol. The molecule has 2 N–H and O–H groups in total. The van der Waals surface area contributed by atoms with E-state index in [4.69, 9.17) is 5.11 Å². The summed E-state index contributed by atoms with van der Waals surface area (Å²) in [7, 11) is -2.95. The summed E-state index contributed by atoms with van der Waals surface area (Å²) in [6, 6.07) is -1.20. The molecule has 0 radical (unpaired) electrons. The number of amides is 2. The molecule has 2 heterocycles. The van der Waals surface area contributed by atoms with Crippen molar-refractivity contribution in [2.75, 3.05) is 7.05 Å². The summed E-state index contributed by atoms with van der Waals surface area (Å²) >= 11 is 0.790. The van der Waals surface area contributed by atoms with Gasteiger partial charge >= 0.3 is 5.97 Å². The average molecular weight is 332 g/mol. The quantitative estimate of drug-likeness (QED) is 0.736. The summed E-state index contributed by atoms with van der Waals surface area (Å²) in [5, 5.41) is 10.4. The number of aromatic carboxylic acids is 1. The molecule has 1 aliphatic rings. The van der Waals surface area contributed by atoms with Crippen LogP contribution in [-0.2, 0) is 19.6 Å². The minimum Gasteiger partial charge on any atom is -0.477 e. The number of hydrogen-bond acceptors (Lipinski definition) is 6. The Morgan fingerprint density at radius 1 is 1.48 bits per heavy atom. The molecule has 1 aliphatic heterocycles. The van der Waals surface area contributed by atoms with Crippen molar-refractivity contribution in [3.63, 3.8) is 0 Å². The Morgan fingerprint density at radius 3 is 2.57 bits per heavy atom. The molecule has 0 aliphatic carbocycles. The number of nitrogens with one attached hydrogen (secondary N) is 1. The van der Waals surface area contributed by atoms with E-state index in [1.165, 1.54) is 19.4 Å². The van der Waals surface area contributed by atoms with Crippen molar-refractivity contribution in [3.05, 3.63) is 15.8 Å². The molecule has 10 heteroatoms. The fraction of sp³-hybridized carbons (Fsp3) is 0.364. The molecule has 0 aromatic carbocycles. The third-order valence-corrected chi connectivity index (χ3v) is 5.93. The third-order valence-electron chi connectivity index (χ3n) is 3.06. The van der Waals surface area contributed by atoms with Gasteiger partial charge in [-0.1, -0.05) is 0 Å². The van der Waals surface area contributed by atoms with Crippen LogP contribution in [0.3, 0.4) is 0 Å². The van der Waals surface area contributed by atoms with Gasteiger partial charge in [0.15, 0.2) is 0 Å². The predicted molar refractivity (Wildman–Crippen MR) is 72.5 cm³/mol. The van der Waals surface area contributed by atoms with E-state index in [0.717, 1.165) is 16.2 Å². The van der Waals surface area contributed by atoms with Crippen LogP contribution < -0.4 is 4.72 Å². The Morgan fingerprint density at radius 2 is 2.10 bits per heavy atom. The van der Waals surface area contributed by atoms with Crippen molar-refractivity contribution in [3.8, 4) is 0 Å². The van der Waals surface area contributed by atoms with Crippen LogP contribution in [0.1, 0.15) is 21.7 Å². The Hall–Kier alpha value is -1.78. The van der Waals surface area contributed by atoms with Crippen LogP contribution >= 0.6 is 11.3 Å². The molecule has 1 fully saturated rings. The van der Waals surface area contributed by atoms with E-state index in [-0.39, 0.29) is 21.8 Å². The molecule has 0 saturated carbocycles. The Bertz CT molecular complexity index is 736. The lowest BCUT2D eigenvalue weighted by Gasteiger charge is -2.12. The van der Waals surface area contributed by atoms with Crippen LogP contribution in [0.4, 0.5) is 0 Å². The predicted octanol–water partition coefficient (Wildman–Crippen LogP) is -0.210. The van der Waals surface area contributed by atoms with Crippen molar-refractivity contribution in [1.29, 1.82) is 0 Å². The number of aryl methyl sites for hydroxylation is 1. The average Bonchev–Trinajstić information content (AvgIpc) is 2.87. The minimum atomic E-state index is -4.21. The van der Waals surface area contributed by atoms with Gasteiger partial charge in [0.2, 0.25) is 21.8 Å².